The number of para-hydroxylation sites is 1. The van der Waals surface area contributed by atoms with Gasteiger partial charge in [-0.3, -0.25) is 9.59 Å². The summed E-state index contributed by atoms with van der Waals surface area (Å²) in [5, 5.41) is 9.51. The number of carbonyl (C=O) groups is 2. The Morgan fingerprint density at radius 3 is 2.77 bits per heavy atom. The van der Waals surface area contributed by atoms with E-state index in [1.165, 1.54) is 7.11 Å². The van der Waals surface area contributed by atoms with Crippen molar-refractivity contribution < 1.29 is 19.4 Å². The van der Waals surface area contributed by atoms with Gasteiger partial charge in [-0.2, -0.15) is 0 Å². The number of hydrogen-bond acceptors (Lipinski definition) is 3. The minimum absolute atomic E-state index is 0.264. The van der Waals surface area contributed by atoms with E-state index >= 15 is 0 Å². The number of carboxylic acids is 1. The van der Waals surface area contributed by atoms with Crippen molar-refractivity contribution in [2.24, 2.45) is 0 Å². The van der Waals surface area contributed by atoms with Crippen molar-refractivity contribution in [2.45, 2.75) is 18.9 Å². The monoisotopic (exact) mass is 319 g/mol. The maximum Gasteiger partial charge on any atom is 0.312 e. The molecule has 0 fully saturated rings. The average molecular weight is 320 g/mol. The zero-order chi connectivity index (χ0) is 15.9. The molecule has 114 valence electrons. The van der Waals surface area contributed by atoms with Crippen molar-refractivity contribution in [3.05, 3.63) is 52.3 Å². The maximum atomic E-state index is 12.8. The van der Waals surface area contributed by atoms with Crippen molar-refractivity contribution in [1.29, 1.82) is 0 Å². The fourth-order valence-electron chi connectivity index (χ4n) is 2.91. The number of aromatic nitrogens is 1. The molecule has 6 heteroatoms. The van der Waals surface area contributed by atoms with E-state index in [2.05, 4.69) is 0 Å². The molecule has 2 aromatic rings. The zero-order valence-corrected chi connectivity index (χ0v) is 12.6. The number of rotatable bonds is 4. The van der Waals surface area contributed by atoms with Crippen LogP contribution in [0, 0.1) is 0 Å². The van der Waals surface area contributed by atoms with Gasteiger partial charge in [0.15, 0.2) is 0 Å². The van der Waals surface area contributed by atoms with Crippen LogP contribution in [0.2, 0.25) is 5.02 Å². The van der Waals surface area contributed by atoms with E-state index in [0.717, 1.165) is 0 Å². The van der Waals surface area contributed by atoms with E-state index in [1.54, 1.807) is 34.9 Å². The van der Waals surface area contributed by atoms with Gasteiger partial charge in [-0.15, -0.1) is 0 Å². The van der Waals surface area contributed by atoms with E-state index in [1.807, 2.05) is 0 Å². The Bertz CT molecular complexity index is 766. The molecular formula is C16H14ClNO4. The van der Waals surface area contributed by atoms with Crippen LogP contribution in [0.25, 0.3) is 0 Å². The van der Waals surface area contributed by atoms with Crippen LogP contribution in [-0.2, 0) is 11.3 Å². The lowest BCUT2D eigenvalue weighted by Gasteiger charge is -2.09. The second kappa shape index (κ2) is 5.50. The minimum Gasteiger partial charge on any atom is -0.496 e. The second-order valence-electron chi connectivity index (χ2n) is 5.13. The molecule has 0 aliphatic carbocycles. The Morgan fingerprint density at radius 1 is 1.36 bits per heavy atom. The summed E-state index contributed by atoms with van der Waals surface area (Å²) in [4.78, 5) is 24.1. The van der Waals surface area contributed by atoms with Crippen LogP contribution in [0.15, 0.2) is 30.3 Å². The summed E-state index contributed by atoms with van der Waals surface area (Å²) in [6.07, 6.45) is 0.466. The summed E-state index contributed by atoms with van der Waals surface area (Å²) in [5.41, 5.74) is 1.31. The minimum atomic E-state index is -0.899. The number of nitrogens with zero attached hydrogens (tertiary/aromatic N) is 1. The topological polar surface area (TPSA) is 68.5 Å². The summed E-state index contributed by atoms with van der Waals surface area (Å²) in [6, 6.07) is 8.48. The SMILES string of the molecule is COc1ccccc1C(=O)c1c(Cl)cc2n1CCC2C(=O)O. The number of halogens is 1. The highest BCUT2D eigenvalue weighted by molar-refractivity contribution is 6.35. The number of aliphatic carboxylic acids is 1. The highest BCUT2D eigenvalue weighted by Crippen LogP contribution is 2.36. The Kier molecular flexibility index (Phi) is 3.66. The lowest BCUT2D eigenvalue weighted by molar-refractivity contribution is -0.138. The van der Waals surface area contributed by atoms with Gasteiger partial charge >= 0.3 is 5.97 Å². The van der Waals surface area contributed by atoms with Gasteiger partial charge in [0, 0.05) is 12.2 Å². The van der Waals surface area contributed by atoms with Crippen LogP contribution in [0.3, 0.4) is 0 Å². The summed E-state index contributed by atoms with van der Waals surface area (Å²) in [6.45, 7) is 0.468. The number of carboxylic acid groups (broad SMARTS) is 1. The molecule has 5 nitrogen and oxygen atoms in total. The summed E-state index contributed by atoms with van der Waals surface area (Å²) in [7, 11) is 1.50. The smallest absolute Gasteiger partial charge is 0.312 e. The quantitative estimate of drug-likeness (QED) is 0.880. The number of ether oxygens (including phenoxy) is 1. The molecular weight excluding hydrogens is 306 g/mol. The number of hydrogen-bond donors (Lipinski definition) is 1. The third-order valence-electron chi connectivity index (χ3n) is 3.95. The van der Waals surface area contributed by atoms with Crippen molar-refractivity contribution >= 4 is 23.4 Å². The summed E-state index contributed by atoms with van der Waals surface area (Å²) >= 11 is 6.20. The molecule has 1 aliphatic rings. The van der Waals surface area contributed by atoms with Crippen molar-refractivity contribution in [2.75, 3.05) is 7.11 Å². The number of carbonyl (C=O) groups excluding carboxylic acids is 1. The molecule has 0 amide bonds. The number of fused-ring (bicyclic) bond motifs is 1. The standard InChI is InChI=1S/C16H14ClNO4/c1-22-13-5-3-2-4-10(13)15(19)14-11(17)8-12-9(16(20)21)6-7-18(12)14/h2-5,8-9H,6-7H2,1H3,(H,20,21). The first-order valence-corrected chi connectivity index (χ1v) is 7.21. The van der Waals surface area contributed by atoms with Gasteiger partial charge in [0.25, 0.3) is 0 Å². The molecule has 0 bridgehead atoms. The molecule has 3 rings (SSSR count). The van der Waals surface area contributed by atoms with Crippen molar-refractivity contribution in [3.63, 3.8) is 0 Å². The first kappa shape index (κ1) is 14.7. The van der Waals surface area contributed by atoms with E-state index in [0.29, 0.717) is 35.7 Å². The lowest BCUT2D eigenvalue weighted by Crippen LogP contribution is -2.11. The average Bonchev–Trinajstić information content (AvgIpc) is 3.04. The van der Waals surface area contributed by atoms with Crippen LogP contribution in [0.1, 0.15) is 34.1 Å². The van der Waals surface area contributed by atoms with Gasteiger partial charge < -0.3 is 14.4 Å². The third-order valence-corrected chi connectivity index (χ3v) is 4.23. The molecule has 1 N–H and O–H groups in total. The van der Waals surface area contributed by atoms with Crippen LogP contribution < -0.4 is 4.74 Å². The predicted molar refractivity (Wildman–Crippen MR) is 80.9 cm³/mol. The van der Waals surface area contributed by atoms with Gasteiger partial charge in [0.1, 0.15) is 11.4 Å². The lowest BCUT2D eigenvalue weighted by atomic mass is 10.1. The maximum absolute atomic E-state index is 12.8. The highest BCUT2D eigenvalue weighted by atomic mass is 35.5. The van der Waals surface area contributed by atoms with E-state index in [4.69, 9.17) is 16.3 Å². The fraction of sp³-hybridized carbons (Fsp3) is 0.250. The van der Waals surface area contributed by atoms with Crippen molar-refractivity contribution in [3.8, 4) is 5.75 Å². The van der Waals surface area contributed by atoms with Crippen molar-refractivity contribution in [1.82, 2.24) is 4.57 Å². The van der Waals surface area contributed by atoms with E-state index in [9.17, 15) is 14.7 Å². The van der Waals surface area contributed by atoms with Gasteiger partial charge in [-0.05, 0) is 24.6 Å². The Labute approximate surface area is 132 Å². The van der Waals surface area contributed by atoms with Crippen LogP contribution in [-0.4, -0.2) is 28.5 Å². The molecule has 1 aliphatic heterocycles. The summed E-state index contributed by atoms with van der Waals surface area (Å²) in [5.74, 6) is -1.31. The normalized spacial score (nSPS) is 16.4. The first-order chi connectivity index (χ1) is 10.5. The Hall–Kier alpha value is -2.27. The van der Waals surface area contributed by atoms with Gasteiger partial charge in [-0.1, -0.05) is 23.7 Å². The van der Waals surface area contributed by atoms with E-state index in [-0.39, 0.29) is 10.8 Å². The molecule has 1 aromatic heterocycles. The molecule has 1 atom stereocenters. The molecule has 0 spiro atoms. The molecule has 0 saturated heterocycles. The van der Waals surface area contributed by atoms with Crippen LogP contribution in [0.4, 0.5) is 0 Å². The Balaban J connectivity index is 2.09. The Morgan fingerprint density at radius 2 is 2.09 bits per heavy atom. The zero-order valence-electron chi connectivity index (χ0n) is 11.9. The number of methoxy groups -OCH3 is 1. The molecule has 0 radical (unpaired) electrons. The van der Waals surface area contributed by atoms with Crippen LogP contribution in [0.5, 0.6) is 5.75 Å². The highest BCUT2D eigenvalue weighted by Gasteiger charge is 2.34. The number of benzene rings is 1. The molecule has 0 saturated carbocycles. The predicted octanol–water partition coefficient (Wildman–Crippen LogP) is 2.95. The second-order valence-corrected chi connectivity index (χ2v) is 5.53. The molecule has 22 heavy (non-hydrogen) atoms. The fourth-order valence-corrected chi connectivity index (χ4v) is 3.21. The van der Waals surface area contributed by atoms with Gasteiger partial charge in [0.05, 0.1) is 23.6 Å². The molecule has 2 heterocycles. The first-order valence-electron chi connectivity index (χ1n) is 6.84. The largest absolute Gasteiger partial charge is 0.496 e. The van der Waals surface area contributed by atoms with E-state index < -0.39 is 11.9 Å². The molecule has 1 unspecified atom stereocenters. The summed E-state index contributed by atoms with van der Waals surface area (Å²) < 4.78 is 6.92. The van der Waals surface area contributed by atoms with Crippen LogP contribution >= 0.6 is 11.6 Å². The van der Waals surface area contributed by atoms with Gasteiger partial charge in [-0.25, -0.2) is 0 Å². The molecule has 1 aromatic carbocycles. The number of ketones is 1. The third kappa shape index (κ3) is 2.18. The van der Waals surface area contributed by atoms with Gasteiger partial charge in [0.2, 0.25) is 5.78 Å².